The van der Waals surface area contributed by atoms with Gasteiger partial charge in [-0.05, 0) is 23.6 Å². The third kappa shape index (κ3) is 5.07. The molecule has 0 radical (unpaired) electrons. The molecule has 3 nitrogen and oxygen atoms in total. The van der Waals surface area contributed by atoms with E-state index in [1.807, 2.05) is 6.21 Å². The van der Waals surface area contributed by atoms with Crippen molar-refractivity contribution in [3.05, 3.63) is 0 Å². The Morgan fingerprint density at radius 1 is 1.58 bits per heavy atom. The van der Waals surface area contributed by atoms with Gasteiger partial charge in [-0.3, -0.25) is 5.43 Å². The lowest BCUT2D eigenvalue weighted by Crippen LogP contribution is -2.26. The molecular weight excluding hydrogens is 170 g/mol. The zero-order valence-corrected chi connectivity index (χ0v) is 8.90. The number of hydrazone groups is 1. The molecule has 0 aromatic carbocycles. The van der Waals surface area contributed by atoms with Gasteiger partial charge in [-0.2, -0.15) is 5.10 Å². The van der Waals surface area contributed by atoms with Crippen LogP contribution in [0.3, 0.4) is 0 Å². The van der Waals surface area contributed by atoms with Crippen molar-refractivity contribution < 1.29 is 0 Å². The Balaban J connectivity index is 3.92. The summed E-state index contributed by atoms with van der Waals surface area (Å²) in [5, 5.41) is 4.10. The molecule has 0 saturated heterocycles. The fourth-order valence-corrected chi connectivity index (χ4v) is 0.489. The van der Waals surface area contributed by atoms with Crippen LogP contribution in [0.5, 0.6) is 0 Å². The van der Waals surface area contributed by atoms with Crippen molar-refractivity contribution in [2.24, 2.45) is 22.2 Å². The maximum Gasteiger partial charge on any atom is 0.184 e. The molecule has 3 N–H and O–H groups in total. The van der Waals surface area contributed by atoms with Crippen LogP contribution < -0.4 is 11.2 Å². The Kier molecular flexibility index (Phi) is 4.17. The maximum atomic E-state index is 5.19. The Morgan fingerprint density at radius 3 is 2.42 bits per heavy atom. The molecule has 0 heterocycles. The zero-order valence-electron chi connectivity index (χ0n) is 8.09. The van der Waals surface area contributed by atoms with E-state index >= 15 is 0 Å². The van der Waals surface area contributed by atoms with Gasteiger partial charge < -0.3 is 5.73 Å². The molecule has 0 bridgehead atoms. The first-order valence-corrected chi connectivity index (χ1v) is 4.33. The van der Waals surface area contributed by atoms with Crippen molar-refractivity contribution in [2.45, 2.75) is 27.7 Å². The fourth-order valence-electron chi connectivity index (χ4n) is 0.436. The highest BCUT2D eigenvalue weighted by Gasteiger charge is 2.17. The van der Waals surface area contributed by atoms with Crippen LogP contribution in [0.25, 0.3) is 0 Å². The number of rotatable bonds is 2. The molecule has 70 valence electrons. The van der Waals surface area contributed by atoms with E-state index in [4.69, 9.17) is 5.73 Å². The molecule has 0 aliphatic heterocycles. The van der Waals surface area contributed by atoms with Crippen LogP contribution in [0.15, 0.2) is 5.10 Å². The Morgan fingerprint density at radius 2 is 2.08 bits per heavy atom. The highest BCUT2D eigenvalue weighted by molar-refractivity contribution is 7.80. The predicted molar refractivity (Wildman–Crippen MR) is 57.0 cm³/mol. The van der Waals surface area contributed by atoms with Gasteiger partial charge in [-0.15, -0.1) is 0 Å². The molecular formula is C8H17N3S. The monoisotopic (exact) mass is 187 g/mol. The second-order valence-corrected chi connectivity index (χ2v) is 4.35. The molecule has 4 heteroatoms. The number of nitrogens with two attached hydrogens (primary N) is 1. The predicted octanol–water partition coefficient (Wildman–Crippen LogP) is 1.49. The molecule has 0 amide bonds. The van der Waals surface area contributed by atoms with Crippen LogP contribution in [0.2, 0.25) is 0 Å². The van der Waals surface area contributed by atoms with Gasteiger partial charge in [0.05, 0.1) is 0 Å². The van der Waals surface area contributed by atoms with Crippen LogP contribution in [0.1, 0.15) is 27.7 Å². The van der Waals surface area contributed by atoms with Crippen LogP contribution in [0.4, 0.5) is 0 Å². The first kappa shape index (κ1) is 11.4. The molecule has 0 aliphatic rings. The largest absolute Gasteiger partial charge is 0.375 e. The number of nitrogens with one attached hydrogen (secondary N) is 1. The van der Waals surface area contributed by atoms with E-state index in [0.29, 0.717) is 5.92 Å². The second kappa shape index (κ2) is 4.40. The molecule has 12 heavy (non-hydrogen) atoms. The van der Waals surface area contributed by atoms with Gasteiger partial charge in [0.25, 0.3) is 0 Å². The summed E-state index contributed by atoms with van der Waals surface area (Å²) in [4.78, 5) is 0. The van der Waals surface area contributed by atoms with Crippen LogP contribution >= 0.6 is 12.2 Å². The first-order valence-electron chi connectivity index (χ1n) is 3.92. The normalized spacial score (nSPS) is 14.7. The van der Waals surface area contributed by atoms with E-state index in [2.05, 4.69) is 50.4 Å². The van der Waals surface area contributed by atoms with Crippen molar-refractivity contribution in [3.8, 4) is 0 Å². The highest BCUT2D eigenvalue weighted by Crippen LogP contribution is 2.23. The minimum Gasteiger partial charge on any atom is -0.375 e. The lowest BCUT2D eigenvalue weighted by atomic mass is 9.83. The van der Waals surface area contributed by atoms with Gasteiger partial charge in [0.2, 0.25) is 0 Å². The molecule has 0 saturated carbocycles. The fraction of sp³-hybridized carbons (Fsp3) is 0.750. The van der Waals surface area contributed by atoms with Gasteiger partial charge in [0.1, 0.15) is 0 Å². The Bertz CT molecular complexity index is 181. The smallest absolute Gasteiger partial charge is 0.184 e. The summed E-state index contributed by atoms with van der Waals surface area (Å²) < 4.78 is 0. The van der Waals surface area contributed by atoms with Gasteiger partial charge in [0.15, 0.2) is 5.11 Å². The molecule has 0 spiro atoms. The molecule has 1 unspecified atom stereocenters. The third-order valence-corrected chi connectivity index (χ3v) is 1.93. The molecule has 0 aliphatic carbocycles. The highest BCUT2D eigenvalue weighted by atomic mass is 32.1. The summed E-state index contributed by atoms with van der Waals surface area (Å²) in [6, 6.07) is 0. The number of nitrogens with zero attached hydrogens (tertiary/aromatic N) is 1. The van der Waals surface area contributed by atoms with E-state index in [-0.39, 0.29) is 10.5 Å². The number of hydrogen-bond donors (Lipinski definition) is 2. The van der Waals surface area contributed by atoms with E-state index in [9.17, 15) is 0 Å². The summed E-state index contributed by atoms with van der Waals surface area (Å²) in [5.74, 6) is 0.388. The van der Waals surface area contributed by atoms with Gasteiger partial charge in [0, 0.05) is 6.21 Å². The van der Waals surface area contributed by atoms with Crippen molar-refractivity contribution in [1.82, 2.24) is 5.43 Å². The van der Waals surface area contributed by atoms with E-state index in [0.717, 1.165) is 0 Å². The summed E-state index contributed by atoms with van der Waals surface area (Å²) in [5.41, 5.74) is 7.95. The summed E-state index contributed by atoms with van der Waals surface area (Å²) in [7, 11) is 0. The maximum absolute atomic E-state index is 5.19. The van der Waals surface area contributed by atoms with Gasteiger partial charge >= 0.3 is 0 Å². The van der Waals surface area contributed by atoms with Crippen molar-refractivity contribution in [2.75, 3.05) is 0 Å². The van der Waals surface area contributed by atoms with Crippen molar-refractivity contribution in [1.29, 1.82) is 0 Å². The van der Waals surface area contributed by atoms with Crippen LogP contribution in [-0.2, 0) is 0 Å². The topological polar surface area (TPSA) is 50.4 Å². The lowest BCUT2D eigenvalue weighted by molar-refractivity contribution is 0.338. The molecule has 0 aromatic heterocycles. The molecule has 1 atom stereocenters. The van der Waals surface area contributed by atoms with Crippen LogP contribution in [-0.4, -0.2) is 11.3 Å². The number of hydrogen-bond acceptors (Lipinski definition) is 2. The minimum atomic E-state index is 0.201. The summed E-state index contributed by atoms with van der Waals surface area (Å²) in [6.07, 6.45) is 1.82. The van der Waals surface area contributed by atoms with E-state index in [1.54, 1.807) is 0 Å². The zero-order chi connectivity index (χ0) is 9.78. The third-order valence-electron chi connectivity index (χ3n) is 1.84. The minimum absolute atomic E-state index is 0.201. The summed E-state index contributed by atoms with van der Waals surface area (Å²) in [6.45, 7) is 8.57. The van der Waals surface area contributed by atoms with Gasteiger partial charge in [-0.25, -0.2) is 0 Å². The van der Waals surface area contributed by atoms with Crippen molar-refractivity contribution >= 4 is 23.5 Å². The number of thiocarbonyl (C=S) groups is 1. The van der Waals surface area contributed by atoms with Gasteiger partial charge in [-0.1, -0.05) is 27.7 Å². The molecule has 0 rings (SSSR count). The molecule has 0 fully saturated rings. The van der Waals surface area contributed by atoms with E-state index in [1.165, 1.54) is 0 Å². The standard InChI is InChI=1S/C8H17N3S/c1-6(8(2,3)4)5-10-11-7(9)12/h5-6H,1-4H3,(H3,9,11,12). The average Bonchev–Trinajstić information content (AvgIpc) is 1.84. The lowest BCUT2D eigenvalue weighted by Gasteiger charge is -2.23. The Labute approximate surface area is 79.4 Å². The van der Waals surface area contributed by atoms with E-state index < -0.39 is 0 Å². The molecule has 0 aromatic rings. The van der Waals surface area contributed by atoms with Crippen molar-refractivity contribution in [3.63, 3.8) is 0 Å². The second-order valence-electron chi connectivity index (χ2n) is 3.91. The average molecular weight is 187 g/mol. The SMILES string of the molecule is CC(C=NNC(N)=S)C(C)(C)C. The van der Waals surface area contributed by atoms with Crippen LogP contribution in [0, 0.1) is 11.3 Å². The first-order chi connectivity index (χ1) is 5.34. The Hall–Kier alpha value is -0.640. The quantitative estimate of drug-likeness (QED) is 0.391. The summed E-state index contributed by atoms with van der Waals surface area (Å²) >= 11 is 4.59.